The van der Waals surface area contributed by atoms with Crippen LogP contribution in [0.15, 0.2) is 67.5 Å². The third-order valence-corrected chi connectivity index (χ3v) is 7.76. The molecule has 0 aliphatic carbocycles. The Morgan fingerprint density at radius 3 is 2.61 bits per heavy atom. The molecule has 2 N–H and O–H groups in total. The molecule has 0 saturated carbocycles. The second-order valence-corrected chi connectivity index (χ2v) is 10.6. The number of carbonyl (C=O) groups is 1. The largest absolute Gasteiger partial charge is 0.494 e. The molecule has 0 unspecified atom stereocenters. The van der Waals surface area contributed by atoms with Crippen molar-refractivity contribution in [2.45, 2.75) is 37.8 Å². The van der Waals surface area contributed by atoms with Crippen LogP contribution in [0.1, 0.15) is 24.8 Å². The molecule has 2 fully saturated rings. The number of anilines is 5. The predicted octanol–water partition coefficient (Wildman–Crippen LogP) is 4.64. The zero-order valence-corrected chi connectivity index (χ0v) is 24.0. The second kappa shape index (κ2) is 13.0. The molecule has 41 heavy (non-hydrogen) atoms. The normalized spacial score (nSPS) is 17.5. The maximum atomic E-state index is 12.4. The summed E-state index contributed by atoms with van der Waals surface area (Å²) in [5, 5.41) is 8.25. The van der Waals surface area contributed by atoms with Crippen LogP contribution in [0.2, 0.25) is 0 Å². The lowest BCUT2D eigenvalue weighted by molar-refractivity contribution is -0.111. The summed E-state index contributed by atoms with van der Waals surface area (Å²) >= 11 is 0. The molecule has 0 bridgehead atoms. The van der Waals surface area contributed by atoms with Gasteiger partial charge < -0.3 is 25.2 Å². The Morgan fingerprint density at radius 2 is 1.90 bits per heavy atom. The van der Waals surface area contributed by atoms with E-state index in [9.17, 15) is 4.79 Å². The van der Waals surface area contributed by atoms with Crippen molar-refractivity contribution in [1.82, 2.24) is 14.9 Å². The van der Waals surface area contributed by atoms with E-state index in [1.165, 1.54) is 18.0 Å². The number of carbonyl (C=O) groups excluding carboxylic acids is 1. The van der Waals surface area contributed by atoms with E-state index in [1.54, 1.807) is 7.11 Å². The Bertz CT molecular complexity index is 1340. The average molecular weight is 558 g/mol. The molecule has 3 heterocycles. The maximum absolute atomic E-state index is 12.4. The summed E-state index contributed by atoms with van der Waals surface area (Å²) in [7, 11) is 5.89. The van der Waals surface area contributed by atoms with Gasteiger partial charge in [-0.05, 0) is 57.5 Å². The van der Waals surface area contributed by atoms with Gasteiger partial charge in [0.25, 0.3) is 0 Å². The van der Waals surface area contributed by atoms with Crippen LogP contribution >= 0.6 is 0 Å². The summed E-state index contributed by atoms with van der Waals surface area (Å²) in [4.78, 5) is 31.9. The summed E-state index contributed by atoms with van der Waals surface area (Å²) in [5.74, 6) is 1.64. The van der Waals surface area contributed by atoms with Crippen LogP contribution in [0, 0.1) is 0 Å². The number of hydroxylamine groups is 1. The minimum absolute atomic E-state index is 0.173. The molecule has 2 aliphatic heterocycles. The molecule has 10 heteroatoms. The molecule has 2 saturated heterocycles. The Labute approximate surface area is 241 Å². The SMILES string of the molecule is C=CC(=O)Nc1cc(Nc2cc(N3OCC[C@@H]3Cc3ccccc3)ncn2)c(OC)cc1N1CCC(N(C)C)CC1. The lowest BCUT2D eigenvalue weighted by atomic mass is 10.0. The number of nitrogens with one attached hydrogen (secondary N) is 2. The number of methoxy groups -OCH3 is 1. The highest BCUT2D eigenvalue weighted by atomic mass is 16.7. The first-order valence-electron chi connectivity index (χ1n) is 14.1. The van der Waals surface area contributed by atoms with Gasteiger partial charge in [0, 0.05) is 31.3 Å². The average Bonchev–Trinajstić information content (AvgIpc) is 3.46. The minimum Gasteiger partial charge on any atom is -0.494 e. The van der Waals surface area contributed by atoms with Gasteiger partial charge in [-0.2, -0.15) is 0 Å². The summed E-state index contributed by atoms with van der Waals surface area (Å²) < 4.78 is 5.80. The molecule has 1 aromatic heterocycles. The van der Waals surface area contributed by atoms with E-state index >= 15 is 0 Å². The summed E-state index contributed by atoms with van der Waals surface area (Å²) in [5.41, 5.74) is 3.52. The van der Waals surface area contributed by atoms with Gasteiger partial charge in [-0.3, -0.25) is 9.63 Å². The van der Waals surface area contributed by atoms with Crippen molar-refractivity contribution >= 4 is 34.6 Å². The number of aromatic nitrogens is 2. The van der Waals surface area contributed by atoms with E-state index in [2.05, 4.69) is 75.3 Å². The van der Waals surface area contributed by atoms with Crippen molar-refractivity contribution in [2.75, 3.05) is 61.5 Å². The van der Waals surface area contributed by atoms with E-state index in [0.29, 0.717) is 41.4 Å². The Hall–Kier alpha value is -4.15. The Balaban J connectivity index is 1.39. The second-order valence-electron chi connectivity index (χ2n) is 10.6. The van der Waals surface area contributed by atoms with Crippen molar-refractivity contribution in [2.24, 2.45) is 0 Å². The Morgan fingerprint density at radius 1 is 1.12 bits per heavy atom. The van der Waals surface area contributed by atoms with Crippen LogP contribution in [0.4, 0.5) is 28.7 Å². The van der Waals surface area contributed by atoms with E-state index in [1.807, 2.05) is 29.3 Å². The van der Waals surface area contributed by atoms with E-state index in [4.69, 9.17) is 9.57 Å². The Kier molecular flexibility index (Phi) is 9.01. The molecule has 10 nitrogen and oxygen atoms in total. The number of piperidine rings is 1. The topological polar surface area (TPSA) is 95.1 Å². The number of nitrogens with zero attached hydrogens (tertiary/aromatic N) is 5. The molecule has 5 rings (SSSR count). The van der Waals surface area contributed by atoms with E-state index in [-0.39, 0.29) is 11.9 Å². The lowest BCUT2D eigenvalue weighted by Gasteiger charge is -2.37. The number of ether oxygens (including phenoxy) is 1. The summed E-state index contributed by atoms with van der Waals surface area (Å²) in [6.07, 6.45) is 6.65. The zero-order valence-electron chi connectivity index (χ0n) is 24.0. The molecule has 3 aromatic rings. The maximum Gasteiger partial charge on any atom is 0.247 e. The van der Waals surface area contributed by atoms with Gasteiger partial charge in [-0.15, -0.1) is 0 Å². The molecule has 216 valence electrons. The molecular weight excluding hydrogens is 518 g/mol. The molecule has 1 amide bonds. The number of benzene rings is 2. The summed E-state index contributed by atoms with van der Waals surface area (Å²) in [6, 6.07) is 16.8. The monoisotopic (exact) mass is 557 g/mol. The predicted molar refractivity (Wildman–Crippen MR) is 163 cm³/mol. The van der Waals surface area contributed by atoms with Crippen LogP contribution in [0.5, 0.6) is 5.75 Å². The third-order valence-electron chi connectivity index (χ3n) is 7.76. The fraction of sp³-hybridized carbons (Fsp3) is 0.387. The lowest BCUT2D eigenvalue weighted by Crippen LogP contribution is -2.42. The smallest absolute Gasteiger partial charge is 0.247 e. The molecule has 2 aromatic carbocycles. The quantitative estimate of drug-likeness (QED) is 0.346. The minimum atomic E-state index is -0.273. The molecular formula is C31H39N7O3. The van der Waals surface area contributed by atoms with Crippen LogP contribution in [0.3, 0.4) is 0 Å². The molecule has 0 spiro atoms. The van der Waals surface area contributed by atoms with Crippen LogP contribution < -0.4 is 25.3 Å². The number of amides is 1. The van der Waals surface area contributed by atoms with Gasteiger partial charge in [0.1, 0.15) is 17.9 Å². The highest BCUT2D eigenvalue weighted by molar-refractivity contribution is 6.02. The molecule has 2 aliphatic rings. The first-order valence-corrected chi connectivity index (χ1v) is 14.1. The van der Waals surface area contributed by atoms with Gasteiger partial charge in [-0.25, -0.2) is 15.0 Å². The van der Waals surface area contributed by atoms with Gasteiger partial charge in [0.2, 0.25) is 5.91 Å². The van der Waals surface area contributed by atoms with Crippen molar-refractivity contribution in [3.05, 3.63) is 73.1 Å². The van der Waals surface area contributed by atoms with Crippen molar-refractivity contribution in [1.29, 1.82) is 0 Å². The molecule has 1 atom stereocenters. The fourth-order valence-corrected chi connectivity index (χ4v) is 5.51. The summed E-state index contributed by atoms with van der Waals surface area (Å²) in [6.45, 7) is 6.02. The van der Waals surface area contributed by atoms with E-state index < -0.39 is 0 Å². The van der Waals surface area contributed by atoms with Gasteiger partial charge in [-0.1, -0.05) is 36.9 Å². The van der Waals surface area contributed by atoms with Crippen LogP contribution in [-0.2, 0) is 16.1 Å². The van der Waals surface area contributed by atoms with Crippen molar-refractivity contribution < 1.29 is 14.4 Å². The fourth-order valence-electron chi connectivity index (χ4n) is 5.51. The highest BCUT2D eigenvalue weighted by Gasteiger charge is 2.28. The van der Waals surface area contributed by atoms with E-state index in [0.717, 1.165) is 44.5 Å². The number of hydrogen-bond donors (Lipinski definition) is 2. The first-order chi connectivity index (χ1) is 19.9. The highest BCUT2D eigenvalue weighted by Crippen LogP contribution is 2.40. The van der Waals surface area contributed by atoms with Gasteiger partial charge in [0.05, 0.1) is 36.8 Å². The van der Waals surface area contributed by atoms with Gasteiger partial charge in [0.15, 0.2) is 5.82 Å². The number of rotatable bonds is 10. The standard InChI is InChI=1S/C31H39N7O3/c1-5-31(39)35-25-18-26(28(40-4)19-27(25)37-14-11-23(12-15-37)36(2)3)34-29-20-30(33-21-32-29)38-24(13-16-41-38)17-22-9-7-6-8-10-22/h5-10,18-21,23-24H,1,11-17H2,2-4H3,(H,35,39)(H,32,33,34)/t24-/m1/s1. The van der Waals surface area contributed by atoms with Crippen LogP contribution in [0.25, 0.3) is 0 Å². The van der Waals surface area contributed by atoms with Crippen molar-refractivity contribution in [3.8, 4) is 5.75 Å². The van der Waals surface area contributed by atoms with Crippen LogP contribution in [-0.4, -0.2) is 73.8 Å². The van der Waals surface area contributed by atoms with Crippen molar-refractivity contribution in [3.63, 3.8) is 0 Å². The zero-order chi connectivity index (χ0) is 28.8. The number of hydrogen-bond acceptors (Lipinski definition) is 9. The molecule has 0 radical (unpaired) electrons. The van der Waals surface area contributed by atoms with Gasteiger partial charge >= 0.3 is 0 Å². The third kappa shape index (κ3) is 6.78. The first kappa shape index (κ1) is 28.4.